The first-order chi connectivity index (χ1) is 14.3. The molecule has 4 rings (SSSR count). The van der Waals surface area contributed by atoms with Gasteiger partial charge in [0, 0.05) is 13.2 Å². The minimum atomic E-state index is -1.96. The van der Waals surface area contributed by atoms with E-state index in [1.807, 2.05) is 0 Å². The predicted octanol–water partition coefficient (Wildman–Crippen LogP) is 6.46. The third-order valence-electron chi connectivity index (χ3n) is 10.4. The zero-order valence-corrected chi connectivity index (χ0v) is 24.5. The van der Waals surface area contributed by atoms with E-state index in [4.69, 9.17) is 18.3 Å². The lowest BCUT2D eigenvalue weighted by Crippen LogP contribution is -2.66. The maximum atomic E-state index is 6.99. The Morgan fingerprint density at radius 3 is 1.28 bits per heavy atom. The largest absolute Gasteiger partial charge is 0.416 e. The summed E-state index contributed by atoms with van der Waals surface area (Å²) in [5, 5.41) is 0.300. The van der Waals surface area contributed by atoms with Crippen molar-refractivity contribution in [1.82, 2.24) is 0 Å². The summed E-state index contributed by atoms with van der Waals surface area (Å²) in [7, 11) is -3.93. The number of hydrogen-bond acceptors (Lipinski definition) is 4. The van der Waals surface area contributed by atoms with Crippen LogP contribution in [0.2, 0.25) is 36.3 Å². The lowest BCUT2D eigenvalue weighted by molar-refractivity contribution is -0.0874. The van der Waals surface area contributed by atoms with Crippen molar-refractivity contribution < 1.29 is 18.3 Å². The topological polar surface area (TPSA) is 36.9 Å². The van der Waals surface area contributed by atoms with E-state index in [2.05, 4.69) is 106 Å². The van der Waals surface area contributed by atoms with Crippen LogP contribution >= 0.6 is 0 Å². The molecule has 4 bridgehead atoms. The Hall–Kier alpha value is -0.246. The molecule has 0 N–H and O–H groups in total. The van der Waals surface area contributed by atoms with Gasteiger partial charge in [0.25, 0.3) is 0 Å². The molecule has 182 valence electrons. The second kappa shape index (κ2) is 6.70. The molecule has 0 aliphatic carbocycles. The van der Waals surface area contributed by atoms with Gasteiger partial charge >= 0.3 is 0 Å². The first-order valence-electron chi connectivity index (χ1n) is 12.3. The fourth-order valence-electron chi connectivity index (χ4n) is 5.95. The molecule has 2 saturated heterocycles. The van der Waals surface area contributed by atoms with E-state index in [1.54, 1.807) is 0 Å². The molecule has 4 aliphatic rings. The van der Waals surface area contributed by atoms with E-state index in [9.17, 15) is 0 Å². The molecule has 4 aliphatic heterocycles. The summed E-state index contributed by atoms with van der Waals surface area (Å²) in [4.78, 5) is 0. The zero-order valence-electron chi connectivity index (χ0n) is 22.5. The van der Waals surface area contributed by atoms with Crippen LogP contribution < -0.4 is 0 Å². The van der Waals surface area contributed by atoms with Crippen LogP contribution in [0.4, 0.5) is 0 Å². The van der Waals surface area contributed by atoms with Crippen molar-refractivity contribution in [2.75, 3.05) is 13.2 Å². The Morgan fingerprint density at radius 2 is 1.00 bits per heavy atom. The van der Waals surface area contributed by atoms with Crippen LogP contribution in [-0.4, -0.2) is 53.3 Å². The van der Waals surface area contributed by atoms with Gasteiger partial charge in [0.1, 0.15) is 0 Å². The predicted molar refractivity (Wildman–Crippen MR) is 136 cm³/mol. The second-order valence-corrected chi connectivity index (χ2v) is 23.7. The summed E-state index contributed by atoms with van der Waals surface area (Å²) in [6.45, 7) is 29.0. The second-order valence-electron chi connectivity index (χ2n) is 14.0. The van der Waals surface area contributed by atoms with Crippen molar-refractivity contribution >= 4 is 16.6 Å². The number of fused-ring (bicyclic) bond motifs is 9. The van der Waals surface area contributed by atoms with E-state index in [-0.39, 0.29) is 33.1 Å². The van der Waals surface area contributed by atoms with Crippen molar-refractivity contribution in [2.45, 2.75) is 115 Å². The van der Waals surface area contributed by atoms with Crippen LogP contribution in [0.5, 0.6) is 0 Å². The highest BCUT2D eigenvalue weighted by atomic mass is 28.4. The molecule has 2 fully saturated rings. The normalized spacial score (nSPS) is 42.9. The fraction of sp³-hybridized carbons (Fsp3) is 0.846. The SMILES string of the molecule is CC(C)(C)[Si](C)(C)OC[C@@]12[C@H]3C=C[C@](C)(O3)[C@]1(CO[Si](C)(C)C(C)(C)C)[C@H]1C=C[C@]2(C)O1. The molecule has 0 aromatic carbocycles. The van der Waals surface area contributed by atoms with Crippen molar-refractivity contribution in [1.29, 1.82) is 0 Å². The smallest absolute Gasteiger partial charge is 0.192 e. The summed E-state index contributed by atoms with van der Waals surface area (Å²) < 4.78 is 27.6. The molecular weight excluding hydrogens is 432 g/mol. The first kappa shape index (κ1) is 24.9. The van der Waals surface area contributed by atoms with Crippen molar-refractivity contribution in [3.05, 3.63) is 24.3 Å². The van der Waals surface area contributed by atoms with Crippen LogP contribution in [0.3, 0.4) is 0 Å². The highest BCUT2D eigenvalue weighted by Crippen LogP contribution is 2.75. The van der Waals surface area contributed by atoms with Crippen LogP contribution in [0.15, 0.2) is 24.3 Å². The van der Waals surface area contributed by atoms with Crippen molar-refractivity contribution in [2.24, 2.45) is 10.8 Å². The fourth-order valence-corrected chi connectivity index (χ4v) is 8.00. The van der Waals surface area contributed by atoms with Gasteiger partial charge < -0.3 is 18.3 Å². The summed E-state index contributed by atoms with van der Waals surface area (Å²) >= 11 is 0. The van der Waals surface area contributed by atoms with Gasteiger partial charge in [-0.3, -0.25) is 0 Å². The molecule has 0 aromatic heterocycles. The molecule has 6 atom stereocenters. The van der Waals surface area contributed by atoms with Crippen molar-refractivity contribution in [3.63, 3.8) is 0 Å². The molecule has 0 unspecified atom stereocenters. The third-order valence-corrected chi connectivity index (χ3v) is 19.4. The van der Waals surface area contributed by atoms with E-state index in [1.165, 1.54) is 0 Å². The monoisotopic (exact) mass is 478 g/mol. The molecule has 4 nitrogen and oxygen atoms in total. The molecular formula is C26H46O4Si2. The van der Waals surface area contributed by atoms with Gasteiger partial charge in [0.2, 0.25) is 0 Å². The van der Waals surface area contributed by atoms with E-state index < -0.39 is 27.8 Å². The standard InChI is InChI=1S/C26H46O4Si2/c1-21(2,3)31(9,10)27-17-25-19-13-16-24(8,29-19)26(25,20-14-15-23(25,7)30-20)18-28-32(11,12)22(4,5)6/h13-16,19-20H,17-18H2,1-12H3/t19-,20-,23+,24+,25+,26+/m1/s1. The highest BCUT2D eigenvalue weighted by molar-refractivity contribution is 6.74. The number of rotatable bonds is 6. The minimum Gasteiger partial charge on any atom is -0.416 e. The summed E-state index contributed by atoms with van der Waals surface area (Å²) in [6.07, 6.45) is 9.03. The third kappa shape index (κ3) is 2.86. The zero-order chi connectivity index (χ0) is 24.2. The van der Waals surface area contributed by atoms with Gasteiger partial charge in [-0.1, -0.05) is 65.8 Å². The van der Waals surface area contributed by atoms with Gasteiger partial charge in [0.15, 0.2) is 16.6 Å². The van der Waals surface area contributed by atoms with Crippen LogP contribution in [0.1, 0.15) is 55.4 Å². The minimum absolute atomic E-state index is 0.0276. The van der Waals surface area contributed by atoms with Gasteiger partial charge in [-0.25, -0.2) is 0 Å². The van der Waals surface area contributed by atoms with E-state index in [0.29, 0.717) is 13.2 Å². The highest BCUT2D eigenvalue weighted by Gasteiger charge is 2.85. The average Bonchev–Trinajstić information content (AvgIpc) is 3.31. The Kier molecular flexibility index (Phi) is 5.20. The van der Waals surface area contributed by atoms with Gasteiger partial charge in [-0.2, -0.15) is 0 Å². The molecule has 0 spiro atoms. The maximum Gasteiger partial charge on any atom is 0.192 e. The molecule has 32 heavy (non-hydrogen) atoms. The maximum absolute atomic E-state index is 6.99. The number of hydrogen-bond donors (Lipinski definition) is 0. The summed E-state index contributed by atoms with van der Waals surface area (Å²) in [5.74, 6) is 0. The molecule has 6 heteroatoms. The van der Waals surface area contributed by atoms with Gasteiger partial charge in [0.05, 0.1) is 34.2 Å². The Labute approximate surface area is 198 Å². The Bertz CT molecular complexity index is 781. The molecule has 0 amide bonds. The van der Waals surface area contributed by atoms with E-state index >= 15 is 0 Å². The van der Waals surface area contributed by atoms with Gasteiger partial charge in [-0.05, 0) is 50.1 Å². The van der Waals surface area contributed by atoms with Crippen LogP contribution in [-0.2, 0) is 18.3 Å². The van der Waals surface area contributed by atoms with Crippen LogP contribution in [0.25, 0.3) is 0 Å². The quantitative estimate of drug-likeness (QED) is 0.324. The summed E-state index contributed by atoms with van der Waals surface area (Å²) in [5.41, 5.74) is -1.46. The molecule has 0 saturated carbocycles. The number of ether oxygens (including phenoxy) is 2. The average molecular weight is 479 g/mol. The summed E-state index contributed by atoms with van der Waals surface area (Å²) in [6, 6.07) is 0. The lowest BCUT2D eigenvalue weighted by atomic mass is 9.47. The molecule has 4 heterocycles. The van der Waals surface area contributed by atoms with Gasteiger partial charge in [-0.15, -0.1) is 0 Å². The Morgan fingerprint density at radius 1 is 0.688 bits per heavy atom. The lowest BCUT2D eigenvalue weighted by Gasteiger charge is -2.55. The Balaban J connectivity index is 1.79. The molecule has 0 aromatic rings. The van der Waals surface area contributed by atoms with Crippen LogP contribution in [0, 0.1) is 10.8 Å². The molecule has 0 radical (unpaired) electrons. The first-order valence-corrected chi connectivity index (χ1v) is 18.1. The van der Waals surface area contributed by atoms with E-state index in [0.717, 1.165) is 0 Å². The van der Waals surface area contributed by atoms with Crippen molar-refractivity contribution in [3.8, 4) is 0 Å².